The van der Waals surface area contributed by atoms with Crippen LogP contribution in [0, 0.1) is 22.7 Å². The van der Waals surface area contributed by atoms with Crippen LogP contribution in [0.4, 0.5) is 0 Å². The topological polar surface area (TPSA) is 99.3 Å². The Labute approximate surface area is 182 Å². The number of nitroso groups, excluding NO2 is 2. The summed E-state index contributed by atoms with van der Waals surface area (Å²) in [6, 6.07) is 0. The second kappa shape index (κ2) is 17.3. The van der Waals surface area contributed by atoms with E-state index >= 15 is 0 Å². The molecular formula is C16H16Cl2N2O4Pd2. The minimum absolute atomic E-state index is 0.187. The molecule has 0 heterocycles. The number of aliphatic hydroxyl groups is 2. The van der Waals surface area contributed by atoms with Gasteiger partial charge in [-0.3, -0.25) is 0 Å². The summed E-state index contributed by atoms with van der Waals surface area (Å²) in [4.78, 5) is 20.1. The maximum absolute atomic E-state index is 10.0. The Morgan fingerprint density at radius 3 is 1.31 bits per heavy atom. The first kappa shape index (κ1) is 27.1. The second-order valence-corrected chi connectivity index (χ2v) is 4.45. The van der Waals surface area contributed by atoms with Gasteiger partial charge in [-0.05, 0) is 0 Å². The van der Waals surface area contributed by atoms with Crippen LogP contribution in [-0.4, -0.2) is 10.2 Å². The molecule has 0 aromatic carbocycles. The normalized spacial score (nSPS) is 17.7. The van der Waals surface area contributed by atoms with Crippen LogP contribution in [-0.2, 0) is 36.4 Å². The van der Waals surface area contributed by atoms with E-state index in [1.165, 1.54) is 24.3 Å². The summed E-state index contributed by atoms with van der Waals surface area (Å²) in [5.74, 6) is 0.375. The van der Waals surface area contributed by atoms with E-state index in [4.69, 9.17) is 10.2 Å². The molecule has 0 spiro atoms. The second-order valence-electron chi connectivity index (χ2n) is 4.45. The quantitative estimate of drug-likeness (QED) is 0.242. The van der Waals surface area contributed by atoms with Crippen molar-refractivity contribution in [3.8, 4) is 0 Å². The van der Waals surface area contributed by atoms with Gasteiger partial charge in [0.05, 0.1) is 0 Å². The fourth-order valence-corrected chi connectivity index (χ4v) is 1.51. The zero-order chi connectivity index (χ0) is 20.5. The Morgan fingerprint density at radius 2 is 1.12 bits per heavy atom. The SMILES string of the molecule is C/C(N=O)=C1\C=CC(O)=C[CH-]1.C/C(N=O)=C1\C=CC(O)=C[CH-]1.[Cl][Pd+].[Cl][Pd+]. The first-order valence-electron chi connectivity index (χ1n) is 6.64. The van der Waals surface area contributed by atoms with Gasteiger partial charge in [-0.15, -0.1) is 60.4 Å². The molecule has 0 amide bonds. The molecule has 0 aliphatic heterocycles. The fraction of sp³-hybridized carbons (Fsp3) is 0.125. The first-order valence-corrected chi connectivity index (χ1v) is 10.6. The molecule has 26 heavy (non-hydrogen) atoms. The van der Waals surface area contributed by atoms with Gasteiger partial charge in [-0.1, -0.05) is 24.2 Å². The van der Waals surface area contributed by atoms with Gasteiger partial charge in [0.25, 0.3) is 0 Å². The van der Waals surface area contributed by atoms with E-state index in [2.05, 4.69) is 65.8 Å². The summed E-state index contributed by atoms with van der Waals surface area (Å²) < 4.78 is 0. The van der Waals surface area contributed by atoms with E-state index in [0.717, 1.165) is 11.1 Å². The van der Waals surface area contributed by atoms with E-state index < -0.39 is 0 Å². The van der Waals surface area contributed by atoms with Crippen LogP contribution in [0.25, 0.3) is 0 Å². The van der Waals surface area contributed by atoms with Crippen molar-refractivity contribution >= 4 is 19.1 Å². The summed E-state index contributed by atoms with van der Waals surface area (Å²) in [7, 11) is 8.98. The van der Waals surface area contributed by atoms with Gasteiger partial charge in [-0.25, -0.2) is 0 Å². The average Bonchev–Trinajstić information content (AvgIpc) is 2.71. The molecule has 0 fully saturated rings. The molecule has 0 radical (unpaired) electrons. The summed E-state index contributed by atoms with van der Waals surface area (Å²) in [6.45, 7) is 3.25. The van der Waals surface area contributed by atoms with E-state index in [0.29, 0.717) is 11.4 Å². The van der Waals surface area contributed by atoms with Gasteiger partial charge in [0, 0.05) is 22.9 Å². The molecule has 6 nitrogen and oxygen atoms in total. The predicted octanol–water partition coefficient (Wildman–Crippen LogP) is 5.86. The molecule has 0 aromatic heterocycles. The van der Waals surface area contributed by atoms with Crippen molar-refractivity contribution in [1.29, 1.82) is 0 Å². The van der Waals surface area contributed by atoms with Crippen LogP contribution in [0.3, 0.4) is 0 Å². The fourth-order valence-electron chi connectivity index (χ4n) is 1.51. The summed E-state index contributed by atoms with van der Waals surface area (Å²) in [6.07, 6.45) is 12.7. The van der Waals surface area contributed by atoms with Crippen molar-refractivity contribution in [2.75, 3.05) is 0 Å². The van der Waals surface area contributed by atoms with Crippen LogP contribution in [0.1, 0.15) is 13.8 Å². The average molecular weight is 584 g/mol. The van der Waals surface area contributed by atoms with Crippen molar-refractivity contribution in [1.82, 2.24) is 0 Å². The molecule has 0 atom stereocenters. The summed E-state index contributed by atoms with van der Waals surface area (Å²) >= 11 is 4.44. The van der Waals surface area contributed by atoms with Crippen molar-refractivity contribution < 1.29 is 46.6 Å². The predicted molar refractivity (Wildman–Crippen MR) is 97.0 cm³/mol. The number of hydrogen-bond acceptors (Lipinski definition) is 6. The Hall–Kier alpha value is -1.12. The van der Waals surface area contributed by atoms with Crippen LogP contribution in [0.15, 0.2) is 80.9 Å². The number of halogens is 2. The zero-order valence-corrected chi connectivity index (χ0v) is 18.2. The molecule has 10 heteroatoms. The van der Waals surface area contributed by atoms with E-state index in [-0.39, 0.29) is 11.5 Å². The third kappa shape index (κ3) is 11.5. The third-order valence-corrected chi connectivity index (χ3v) is 2.84. The monoisotopic (exact) mass is 582 g/mol. The first-order chi connectivity index (χ1) is 12.5. The van der Waals surface area contributed by atoms with Crippen molar-refractivity contribution in [2.45, 2.75) is 13.8 Å². The molecule has 0 saturated carbocycles. The summed E-state index contributed by atoms with van der Waals surface area (Å²) in [5, 5.41) is 23.3. The maximum atomic E-state index is 10.0. The van der Waals surface area contributed by atoms with Crippen LogP contribution >= 0.6 is 19.1 Å². The molecule has 0 aromatic rings. The van der Waals surface area contributed by atoms with E-state index in [1.54, 1.807) is 38.8 Å². The molecule has 2 N–H and O–H groups in total. The number of rotatable bonds is 2. The van der Waals surface area contributed by atoms with Gasteiger partial charge >= 0.3 is 55.4 Å². The van der Waals surface area contributed by atoms with Gasteiger partial charge < -0.3 is 10.2 Å². The van der Waals surface area contributed by atoms with Gasteiger partial charge in [0.15, 0.2) is 0 Å². The van der Waals surface area contributed by atoms with Gasteiger partial charge in [0.1, 0.15) is 0 Å². The Balaban J connectivity index is 0. The number of nitrogens with zero attached hydrogens (tertiary/aromatic N) is 2. The van der Waals surface area contributed by atoms with Crippen molar-refractivity contribution in [3.63, 3.8) is 0 Å². The van der Waals surface area contributed by atoms with E-state index in [1.807, 2.05) is 0 Å². The Kier molecular flexibility index (Phi) is 18.0. The molecule has 2 aliphatic rings. The van der Waals surface area contributed by atoms with Crippen LogP contribution < -0.4 is 0 Å². The molecule has 2 aliphatic carbocycles. The number of hydrogen-bond donors (Lipinski definition) is 2. The molecule has 0 saturated heterocycles. The summed E-state index contributed by atoms with van der Waals surface area (Å²) in [5.41, 5.74) is 2.31. The van der Waals surface area contributed by atoms with E-state index in [9.17, 15) is 9.81 Å². The third-order valence-electron chi connectivity index (χ3n) is 2.84. The minimum atomic E-state index is 0.187. The Bertz CT molecular complexity index is 599. The zero-order valence-electron chi connectivity index (χ0n) is 13.6. The van der Waals surface area contributed by atoms with Crippen LogP contribution in [0.5, 0.6) is 0 Å². The number of allylic oxidation sites excluding steroid dienone is 10. The molecule has 0 bridgehead atoms. The molecule has 0 unspecified atom stereocenters. The van der Waals surface area contributed by atoms with Crippen molar-refractivity contribution in [2.24, 2.45) is 10.4 Å². The Morgan fingerprint density at radius 1 is 0.808 bits per heavy atom. The van der Waals surface area contributed by atoms with Crippen LogP contribution in [0.2, 0.25) is 0 Å². The molecule has 148 valence electrons. The number of aliphatic hydroxyl groups excluding tert-OH is 2. The van der Waals surface area contributed by atoms with Gasteiger partial charge in [0.2, 0.25) is 0 Å². The molecular weight excluding hydrogens is 568 g/mol. The van der Waals surface area contributed by atoms with Gasteiger partial charge in [-0.2, -0.15) is 9.81 Å². The van der Waals surface area contributed by atoms with Crippen molar-refractivity contribution in [3.05, 3.63) is 93.2 Å². The molecule has 2 rings (SSSR count). The standard InChI is InChI=1S/2C8H8NO2.2ClH.2Pd/c2*1-6(9-11)7-2-4-8(10)5-3-7;;;;/h2*2-5,10H,1H3;2*1H;;/q2*-1;;;2*+2/p-2.